The van der Waals surface area contributed by atoms with E-state index in [4.69, 9.17) is 8.92 Å². The van der Waals surface area contributed by atoms with Gasteiger partial charge in [-0.25, -0.2) is 0 Å². The van der Waals surface area contributed by atoms with Gasteiger partial charge in [0.1, 0.15) is 6.61 Å². The number of allylic oxidation sites excluding steroid dienone is 5. The first-order valence-electron chi connectivity index (χ1n) is 15.3. The van der Waals surface area contributed by atoms with Crippen molar-refractivity contribution < 1.29 is 36.8 Å². The van der Waals surface area contributed by atoms with Crippen LogP contribution < -0.4 is 0 Å². The molecule has 232 valence electrons. The Morgan fingerprint density at radius 1 is 1.09 bits per heavy atom. The Kier molecular flexibility index (Phi) is 8.48. The fourth-order valence-corrected chi connectivity index (χ4v) is 8.92. The predicted octanol–water partition coefficient (Wildman–Crippen LogP) is 5.47. The van der Waals surface area contributed by atoms with Gasteiger partial charge in [0.25, 0.3) is 10.1 Å². The smallest absolute Gasteiger partial charge is 0.306 e. The molecule has 5 atom stereocenters. The van der Waals surface area contributed by atoms with Gasteiger partial charge in [-0.2, -0.15) is 8.42 Å². The molecule has 0 radical (unpaired) electrons. The zero-order valence-corrected chi connectivity index (χ0v) is 26.3. The highest BCUT2D eigenvalue weighted by Gasteiger charge is 2.67. The van der Waals surface area contributed by atoms with Crippen LogP contribution in [0.3, 0.4) is 0 Å². The maximum absolute atomic E-state index is 14.2. The molecular formula is C34H42O8S. The summed E-state index contributed by atoms with van der Waals surface area (Å²) in [7, 11) is -4.24. The molecule has 1 N–H and O–H groups in total. The molecule has 1 fully saturated rings. The first-order chi connectivity index (χ1) is 20.3. The third kappa shape index (κ3) is 5.38. The number of unbranched alkanes of at least 4 members (excludes halogenated alkanes) is 2. The van der Waals surface area contributed by atoms with E-state index < -0.39 is 51.0 Å². The summed E-state index contributed by atoms with van der Waals surface area (Å²) in [5.41, 5.74) is 0.535. The number of aliphatic hydroxyl groups excluding tert-OH is 1. The number of aryl methyl sites for hydroxylation is 1. The zero-order chi connectivity index (χ0) is 31.2. The maximum Gasteiger partial charge on any atom is 0.306 e. The Balaban J connectivity index is 1.50. The Morgan fingerprint density at radius 3 is 2.51 bits per heavy atom. The molecule has 43 heavy (non-hydrogen) atoms. The van der Waals surface area contributed by atoms with Gasteiger partial charge in [-0.3, -0.25) is 18.6 Å². The van der Waals surface area contributed by atoms with Crippen LogP contribution in [0.25, 0.3) is 0 Å². The number of hydrogen-bond acceptors (Lipinski definition) is 8. The molecule has 0 spiro atoms. The average Bonchev–Trinajstić information content (AvgIpc) is 3.24. The Hall–Kier alpha value is -2.88. The highest BCUT2D eigenvalue weighted by atomic mass is 32.2. The number of hydrogen-bond donors (Lipinski definition) is 1. The molecule has 0 heterocycles. The minimum Gasteiger partial charge on any atom is -0.450 e. The number of fused-ring (bicyclic) bond motifs is 4. The van der Waals surface area contributed by atoms with Crippen molar-refractivity contribution in [2.45, 2.75) is 102 Å². The highest BCUT2D eigenvalue weighted by molar-refractivity contribution is 7.86. The number of Topliss-reactive ketones (excluding diaryl/α,β-unsaturated/α-hetero) is 1. The topological polar surface area (TPSA) is 124 Å². The van der Waals surface area contributed by atoms with Crippen molar-refractivity contribution >= 4 is 27.7 Å². The fraction of sp³-hybridized carbons (Fsp3) is 0.559. The third-order valence-electron chi connectivity index (χ3n) is 10.4. The van der Waals surface area contributed by atoms with Gasteiger partial charge in [-0.1, -0.05) is 61.6 Å². The lowest BCUT2D eigenvalue weighted by atomic mass is 9.52. The monoisotopic (exact) mass is 610 g/mol. The van der Waals surface area contributed by atoms with Crippen molar-refractivity contribution in [3.05, 3.63) is 64.8 Å². The second-order valence-corrected chi connectivity index (χ2v) is 14.6. The van der Waals surface area contributed by atoms with Gasteiger partial charge in [-0.05, 0) is 88.1 Å². The van der Waals surface area contributed by atoms with Crippen molar-refractivity contribution in [2.24, 2.45) is 16.7 Å². The van der Waals surface area contributed by atoms with E-state index in [9.17, 15) is 27.9 Å². The summed E-state index contributed by atoms with van der Waals surface area (Å²) in [4.78, 5) is 39.5. The summed E-state index contributed by atoms with van der Waals surface area (Å²) in [5.74, 6) is -1.35. The standard InChI is InChI=1S/C34H42O8S/c1-5-6-7-8-30(38)42-34(29(37)21-41-43(39,40)25-12-9-22(2)10-13-25)18-16-27-26-14-11-23-19-24(35)15-17-32(23,3)31(26)28(36)20-33(27,34)4/h9-10,12-13,15,17,19,27-28,36H,5-8,11,14,16,18,20-21H2,1-4H3/t27-,28?,32-,33-,34-/m0/s1. The molecule has 5 rings (SSSR count). The molecule has 0 aromatic heterocycles. The van der Waals surface area contributed by atoms with Gasteiger partial charge in [0, 0.05) is 17.3 Å². The van der Waals surface area contributed by atoms with E-state index in [0.29, 0.717) is 25.7 Å². The van der Waals surface area contributed by atoms with Crippen LogP contribution in [0.15, 0.2) is 64.1 Å². The summed E-state index contributed by atoms with van der Waals surface area (Å²) >= 11 is 0. The lowest BCUT2D eigenvalue weighted by molar-refractivity contribution is -0.185. The Labute approximate surface area is 254 Å². The summed E-state index contributed by atoms with van der Waals surface area (Å²) < 4.78 is 37.5. The molecule has 0 aliphatic heterocycles. The fourth-order valence-electron chi connectivity index (χ4n) is 8.05. The van der Waals surface area contributed by atoms with Crippen molar-refractivity contribution in [3.8, 4) is 0 Å². The predicted molar refractivity (Wildman–Crippen MR) is 160 cm³/mol. The molecule has 9 heteroatoms. The third-order valence-corrected chi connectivity index (χ3v) is 11.6. The molecule has 0 bridgehead atoms. The van der Waals surface area contributed by atoms with Gasteiger partial charge in [-0.15, -0.1) is 0 Å². The first-order valence-corrected chi connectivity index (χ1v) is 16.8. The molecule has 4 aliphatic carbocycles. The van der Waals surface area contributed by atoms with E-state index in [1.807, 2.05) is 33.8 Å². The van der Waals surface area contributed by atoms with Crippen LogP contribution in [0, 0.1) is 23.7 Å². The van der Waals surface area contributed by atoms with Crippen LogP contribution in [-0.4, -0.2) is 49.4 Å². The number of esters is 1. The molecule has 1 saturated carbocycles. The number of carbonyl (C=O) groups is 3. The average molecular weight is 611 g/mol. The number of rotatable bonds is 10. The van der Waals surface area contributed by atoms with Crippen molar-refractivity contribution in [2.75, 3.05) is 6.61 Å². The van der Waals surface area contributed by atoms with Crippen LogP contribution in [0.4, 0.5) is 0 Å². The summed E-state index contributed by atoms with van der Waals surface area (Å²) in [6.07, 6.45) is 8.84. The number of aliphatic hydroxyl groups is 1. The number of ether oxygens (including phenoxy) is 1. The van der Waals surface area contributed by atoms with Crippen LogP contribution >= 0.6 is 0 Å². The second kappa shape index (κ2) is 11.6. The SMILES string of the molecule is CCCCCC(=O)O[C@]1(C(=O)COS(=O)(=O)c2ccc(C)cc2)CC[C@H]2C3=C(C(O)C[C@@]21C)[C@@]1(C)C=CC(=O)C=C1CC3. The van der Waals surface area contributed by atoms with Crippen molar-refractivity contribution in [3.63, 3.8) is 0 Å². The van der Waals surface area contributed by atoms with E-state index in [1.165, 1.54) is 12.1 Å². The summed E-state index contributed by atoms with van der Waals surface area (Å²) in [5, 5.41) is 11.8. The van der Waals surface area contributed by atoms with Crippen molar-refractivity contribution in [1.82, 2.24) is 0 Å². The second-order valence-electron chi connectivity index (χ2n) is 13.0. The lowest BCUT2D eigenvalue weighted by Crippen LogP contribution is -2.59. The molecular weight excluding hydrogens is 568 g/mol. The number of benzene rings is 1. The minimum atomic E-state index is -4.24. The maximum atomic E-state index is 14.2. The van der Waals surface area contributed by atoms with E-state index in [2.05, 4.69) is 0 Å². The highest BCUT2D eigenvalue weighted by Crippen LogP contribution is 2.65. The summed E-state index contributed by atoms with van der Waals surface area (Å²) in [6.45, 7) is 6.99. The normalized spacial score (nSPS) is 31.7. The molecule has 1 unspecified atom stereocenters. The number of ketones is 2. The molecule has 0 saturated heterocycles. The van der Waals surface area contributed by atoms with Gasteiger partial charge >= 0.3 is 5.97 Å². The Bertz CT molecular complexity index is 1520. The summed E-state index contributed by atoms with van der Waals surface area (Å²) in [6, 6.07) is 6.16. The van der Waals surface area contributed by atoms with Crippen LogP contribution in [0.1, 0.15) is 84.1 Å². The number of carbonyl (C=O) groups excluding carboxylic acids is 3. The van der Waals surface area contributed by atoms with Gasteiger partial charge in [0.15, 0.2) is 11.4 Å². The van der Waals surface area contributed by atoms with Crippen molar-refractivity contribution in [1.29, 1.82) is 0 Å². The molecule has 0 amide bonds. The molecule has 1 aromatic carbocycles. The largest absolute Gasteiger partial charge is 0.450 e. The quantitative estimate of drug-likeness (QED) is 0.160. The van der Waals surface area contributed by atoms with Gasteiger partial charge in [0.05, 0.1) is 11.0 Å². The van der Waals surface area contributed by atoms with Gasteiger partial charge < -0.3 is 9.84 Å². The van der Waals surface area contributed by atoms with E-state index in [1.54, 1.807) is 24.3 Å². The van der Waals surface area contributed by atoms with Crippen LogP contribution in [-0.2, 0) is 33.4 Å². The Morgan fingerprint density at radius 2 is 1.81 bits per heavy atom. The van der Waals surface area contributed by atoms with E-state index in [-0.39, 0.29) is 35.9 Å². The van der Waals surface area contributed by atoms with E-state index in [0.717, 1.165) is 35.1 Å². The van der Waals surface area contributed by atoms with Crippen LogP contribution in [0.5, 0.6) is 0 Å². The van der Waals surface area contributed by atoms with E-state index >= 15 is 0 Å². The zero-order valence-electron chi connectivity index (χ0n) is 25.5. The first kappa shape index (κ1) is 31.5. The lowest BCUT2D eigenvalue weighted by Gasteiger charge is -2.54. The van der Waals surface area contributed by atoms with Crippen LogP contribution in [0.2, 0.25) is 0 Å². The van der Waals surface area contributed by atoms with Gasteiger partial charge in [0.2, 0.25) is 5.78 Å². The molecule has 1 aromatic rings. The minimum absolute atomic E-state index is 0.0618. The molecule has 8 nitrogen and oxygen atoms in total. The molecule has 4 aliphatic rings.